The zero-order chi connectivity index (χ0) is 9.53. The maximum Gasteiger partial charge on any atom is 0.130 e. The fraction of sp³-hybridized carbons (Fsp3) is 1.00. The van der Waals surface area contributed by atoms with Crippen LogP contribution in [-0.2, 0) is 4.74 Å². The number of piperazine rings is 1. The molecule has 2 fully saturated rings. The summed E-state index contributed by atoms with van der Waals surface area (Å²) in [6.45, 7) is 7.48. The smallest absolute Gasteiger partial charge is 0.130 e. The van der Waals surface area contributed by atoms with Gasteiger partial charge in [0.25, 0.3) is 0 Å². The molecule has 0 radical (unpaired) electrons. The van der Waals surface area contributed by atoms with Crippen molar-refractivity contribution < 1.29 is 13.7 Å². The van der Waals surface area contributed by atoms with Gasteiger partial charge >= 0.3 is 0 Å². The lowest BCUT2D eigenvalue weighted by Crippen LogP contribution is -2.63. The van der Waals surface area contributed by atoms with E-state index in [-0.39, 0.29) is 0 Å². The van der Waals surface area contributed by atoms with Crippen LogP contribution < -0.4 is 0 Å². The van der Waals surface area contributed by atoms with Crippen LogP contribution in [0.25, 0.3) is 0 Å². The molecule has 2 heterocycles. The summed E-state index contributed by atoms with van der Waals surface area (Å²) in [5.74, 6) is 0. The third-order valence-electron chi connectivity index (χ3n) is 3.54. The molecule has 1 atom stereocenters. The monoisotopic (exact) mass is 186 g/mol. The van der Waals surface area contributed by atoms with Gasteiger partial charge in [0.2, 0.25) is 0 Å². The summed E-state index contributed by atoms with van der Waals surface area (Å²) in [6.07, 6.45) is 0.582. The zero-order valence-electron chi connectivity index (χ0n) is 9.12. The van der Waals surface area contributed by atoms with Gasteiger partial charge in [-0.25, -0.2) is 0 Å². The van der Waals surface area contributed by atoms with Gasteiger partial charge in [-0.3, -0.25) is 0 Å². The lowest BCUT2D eigenvalue weighted by Gasteiger charge is -2.44. The lowest BCUT2D eigenvalue weighted by atomic mass is 10.2. The normalized spacial score (nSPS) is 35.8. The van der Waals surface area contributed by atoms with Crippen LogP contribution in [0.5, 0.6) is 0 Å². The van der Waals surface area contributed by atoms with E-state index in [1.165, 1.54) is 41.7 Å². The Balaban J connectivity index is 1.87. The van der Waals surface area contributed by atoms with E-state index in [1.807, 2.05) is 0 Å². The van der Waals surface area contributed by atoms with Gasteiger partial charge in [0.1, 0.15) is 38.8 Å². The summed E-state index contributed by atoms with van der Waals surface area (Å²) >= 11 is 0. The van der Waals surface area contributed by atoms with Gasteiger partial charge in [-0.1, -0.05) is 0 Å². The Bertz CT molecular complexity index is 189. The summed E-state index contributed by atoms with van der Waals surface area (Å²) in [5, 5.41) is 0. The van der Waals surface area contributed by atoms with E-state index in [1.54, 1.807) is 0 Å². The number of rotatable bonds is 2. The molecular weight excluding hydrogens is 164 g/mol. The maximum absolute atomic E-state index is 5.31. The van der Waals surface area contributed by atoms with Crippen LogP contribution in [-0.4, -0.2) is 75.5 Å². The van der Waals surface area contributed by atoms with Crippen LogP contribution in [0.2, 0.25) is 0 Å². The van der Waals surface area contributed by atoms with Gasteiger partial charge < -0.3 is 13.7 Å². The first-order valence-electron chi connectivity index (χ1n) is 5.26. The molecule has 3 heteroatoms. The summed E-state index contributed by atoms with van der Waals surface area (Å²) in [6, 6.07) is 0. The van der Waals surface area contributed by atoms with E-state index in [0.717, 1.165) is 6.61 Å². The molecular formula is C10H22N2O+2. The molecule has 76 valence electrons. The number of hydrogen-bond donors (Lipinski definition) is 0. The second-order valence-electron chi connectivity index (χ2n) is 5.59. The predicted molar refractivity (Wildman–Crippen MR) is 52.4 cm³/mol. The molecule has 0 aromatic heterocycles. The molecule has 2 saturated heterocycles. The standard InChI is InChI=1S/C10H22N2O/c1-11(2)4-6-12(3,7-5-11)8-10-9-13-10/h10H,4-9H2,1-3H3/q+2. The van der Waals surface area contributed by atoms with Crippen molar-refractivity contribution in [2.24, 2.45) is 0 Å². The van der Waals surface area contributed by atoms with Crippen LogP contribution in [0, 0.1) is 0 Å². The fourth-order valence-corrected chi connectivity index (χ4v) is 2.10. The van der Waals surface area contributed by atoms with Gasteiger partial charge in [-0.2, -0.15) is 0 Å². The number of ether oxygens (including phenoxy) is 1. The molecule has 0 N–H and O–H groups in total. The summed E-state index contributed by atoms with van der Waals surface area (Å²) < 4.78 is 7.73. The highest BCUT2D eigenvalue weighted by Crippen LogP contribution is 2.19. The first-order valence-corrected chi connectivity index (χ1v) is 5.26. The fourth-order valence-electron chi connectivity index (χ4n) is 2.10. The van der Waals surface area contributed by atoms with Crippen molar-refractivity contribution in [2.45, 2.75) is 6.10 Å². The first-order chi connectivity index (χ1) is 5.99. The highest BCUT2D eigenvalue weighted by Gasteiger charge is 2.39. The number of quaternary nitrogens is 2. The summed E-state index contributed by atoms with van der Waals surface area (Å²) in [5.41, 5.74) is 0. The van der Waals surface area contributed by atoms with Crippen LogP contribution >= 0.6 is 0 Å². The molecule has 2 aliphatic heterocycles. The molecule has 0 aromatic rings. The average molecular weight is 186 g/mol. The number of likely N-dealkylation sites (N-methyl/N-ethyl adjacent to an activating group) is 2. The molecule has 2 rings (SSSR count). The van der Waals surface area contributed by atoms with E-state index < -0.39 is 0 Å². The second kappa shape index (κ2) is 2.94. The van der Waals surface area contributed by atoms with Gasteiger partial charge in [0.05, 0.1) is 27.7 Å². The third kappa shape index (κ3) is 2.42. The Morgan fingerprint density at radius 3 is 2.08 bits per heavy atom. The van der Waals surface area contributed by atoms with E-state index in [9.17, 15) is 0 Å². The SMILES string of the molecule is C[N+]1(C)CC[N+](C)(CC2CO2)CC1. The van der Waals surface area contributed by atoms with E-state index >= 15 is 0 Å². The third-order valence-corrected chi connectivity index (χ3v) is 3.54. The Morgan fingerprint density at radius 1 is 1.08 bits per heavy atom. The number of epoxide rings is 1. The van der Waals surface area contributed by atoms with Crippen molar-refractivity contribution in [1.29, 1.82) is 0 Å². The number of hydrogen-bond acceptors (Lipinski definition) is 1. The van der Waals surface area contributed by atoms with Gasteiger partial charge in [-0.05, 0) is 0 Å². The molecule has 0 saturated carbocycles. The molecule has 1 unspecified atom stereocenters. The topological polar surface area (TPSA) is 12.5 Å². The van der Waals surface area contributed by atoms with Gasteiger partial charge in [0, 0.05) is 0 Å². The van der Waals surface area contributed by atoms with Gasteiger partial charge in [-0.15, -0.1) is 0 Å². The largest absolute Gasteiger partial charge is 0.367 e. The van der Waals surface area contributed by atoms with E-state index in [4.69, 9.17) is 4.74 Å². The average Bonchev–Trinajstić information content (AvgIpc) is 2.81. The molecule has 0 amide bonds. The first kappa shape index (κ1) is 9.44. The summed E-state index contributed by atoms with van der Waals surface area (Å²) in [7, 11) is 7.04. The molecule has 0 spiro atoms. The van der Waals surface area contributed by atoms with Gasteiger partial charge in [0.15, 0.2) is 0 Å². The Kier molecular flexibility index (Phi) is 2.13. The molecule has 0 aliphatic carbocycles. The maximum atomic E-state index is 5.31. The van der Waals surface area contributed by atoms with Crippen molar-refractivity contribution >= 4 is 0 Å². The van der Waals surface area contributed by atoms with Crippen LogP contribution in [0.4, 0.5) is 0 Å². The number of nitrogens with zero attached hydrogens (tertiary/aromatic N) is 2. The highest BCUT2D eigenvalue weighted by atomic mass is 16.6. The van der Waals surface area contributed by atoms with Crippen LogP contribution in [0.1, 0.15) is 0 Å². The van der Waals surface area contributed by atoms with Crippen molar-refractivity contribution in [2.75, 3.05) is 60.5 Å². The quantitative estimate of drug-likeness (QED) is 0.434. The lowest BCUT2D eigenvalue weighted by molar-refractivity contribution is -1.01. The molecule has 3 nitrogen and oxygen atoms in total. The minimum atomic E-state index is 0.582. The predicted octanol–water partition coefficient (Wildman–Crippen LogP) is -0.0782. The molecule has 0 aromatic carbocycles. The molecule has 0 bridgehead atoms. The molecule has 2 aliphatic rings. The molecule has 13 heavy (non-hydrogen) atoms. The van der Waals surface area contributed by atoms with Crippen molar-refractivity contribution in [1.82, 2.24) is 0 Å². The van der Waals surface area contributed by atoms with Crippen LogP contribution in [0.3, 0.4) is 0 Å². The Labute approximate surface area is 81.1 Å². The highest BCUT2D eigenvalue weighted by molar-refractivity contribution is 4.68. The van der Waals surface area contributed by atoms with E-state index in [0.29, 0.717) is 6.10 Å². The zero-order valence-corrected chi connectivity index (χ0v) is 9.12. The Hall–Kier alpha value is -0.120. The summed E-state index contributed by atoms with van der Waals surface area (Å²) in [4.78, 5) is 0. The van der Waals surface area contributed by atoms with Crippen LogP contribution in [0.15, 0.2) is 0 Å². The Morgan fingerprint density at radius 2 is 1.62 bits per heavy atom. The minimum Gasteiger partial charge on any atom is -0.367 e. The van der Waals surface area contributed by atoms with E-state index in [2.05, 4.69) is 21.1 Å². The van der Waals surface area contributed by atoms with Crippen molar-refractivity contribution in [3.05, 3.63) is 0 Å². The minimum absolute atomic E-state index is 0.582. The van der Waals surface area contributed by atoms with Crippen molar-refractivity contribution in [3.63, 3.8) is 0 Å². The second-order valence-corrected chi connectivity index (χ2v) is 5.59. The van der Waals surface area contributed by atoms with Crippen molar-refractivity contribution in [3.8, 4) is 0 Å².